The molecule has 5 heteroatoms. The van der Waals surface area contributed by atoms with Crippen LogP contribution >= 0.6 is 0 Å². The number of nitrogens with one attached hydrogen (secondary N) is 1. The molecular formula is C13H16F3NO. The van der Waals surface area contributed by atoms with Gasteiger partial charge in [0.05, 0.1) is 12.5 Å². The Kier molecular flexibility index (Phi) is 3.80. The number of alkyl halides is 3. The van der Waals surface area contributed by atoms with Gasteiger partial charge in [-0.1, -0.05) is 12.1 Å². The summed E-state index contributed by atoms with van der Waals surface area (Å²) in [5.41, 5.74) is 1.53. The Morgan fingerprint density at radius 1 is 1.28 bits per heavy atom. The Balaban J connectivity index is 1.95. The van der Waals surface area contributed by atoms with Crippen LogP contribution in [0.2, 0.25) is 0 Å². The van der Waals surface area contributed by atoms with E-state index in [1.165, 1.54) is 0 Å². The van der Waals surface area contributed by atoms with Crippen molar-refractivity contribution in [2.24, 2.45) is 5.92 Å². The summed E-state index contributed by atoms with van der Waals surface area (Å²) in [5.74, 6) is -1.18. The van der Waals surface area contributed by atoms with Gasteiger partial charge in [0.2, 0.25) is 0 Å². The molecule has 0 bridgehead atoms. The fourth-order valence-corrected chi connectivity index (χ4v) is 2.41. The van der Waals surface area contributed by atoms with Gasteiger partial charge in [0.25, 0.3) is 0 Å². The summed E-state index contributed by atoms with van der Waals surface area (Å²) >= 11 is 0. The molecule has 1 aliphatic carbocycles. The molecular weight excluding hydrogens is 243 g/mol. The normalized spacial score (nSPS) is 24.2. The van der Waals surface area contributed by atoms with E-state index >= 15 is 0 Å². The van der Waals surface area contributed by atoms with E-state index in [1.807, 2.05) is 0 Å². The fourth-order valence-electron chi connectivity index (χ4n) is 2.41. The molecule has 18 heavy (non-hydrogen) atoms. The fraction of sp³-hybridized carbons (Fsp3) is 0.538. The Morgan fingerprint density at radius 3 is 2.67 bits per heavy atom. The Morgan fingerprint density at radius 2 is 2.06 bits per heavy atom. The third kappa shape index (κ3) is 3.16. The monoisotopic (exact) mass is 259 g/mol. The molecule has 0 saturated heterocycles. The van der Waals surface area contributed by atoms with Crippen LogP contribution in [0.3, 0.4) is 0 Å². The SMILES string of the molecule is OCc1cccc(NC2CCC(C(F)(F)F)C2)c1. The van der Waals surface area contributed by atoms with Crippen LogP contribution in [0.5, 0.6) is 0 Å². The van der Waals surface area contributed by atoms with Crippen LogP contribution in [-0.4, -0.2) is 17.3 Å². The standard InChI is InChI=1S/C13H16F3NO/c14-13(15,16)10-4-5-12(7-10)17-11-3-1-2-9(6-11)8-18/h1-3,6,10,12,17-18H,4-5,7-8H2. The van der Waals surface area contributed by atoms with Gasteiger partial charge in [0.15, 0.2) is 0 Å². The molecule has 0 heterocycles. The zero-order valence-electron chi connectivity index (χ0n) is 9.87. The summed E-state index contributed by atoms with van der Waals surface area (Å²) in [4.78, 5) is 0. The number of aliphatic hydroxyl groups is 1. The van der Waals surface area contributed by atoms with Crippen molar-refractivity contribution in [3.8, 4) is 0 Å². The van der Waals surface area contributed by atoms with Crippen LogP contribution in [0, 0.1) is 5.92 Å². The van der Waals surface area contributed by atoms with Gasteiger partial charge in [0, 0.05) is 11.7 Å². The lowest BCUT2D eigenvalue weighted by Crippen LogP contribution is -2.22. The van der Waals surface area contributed by atoms with Crippen molar-refractivity contribution in [2.75, 3.05) is 5.32 Å². The third-order valence-corrected chi connectivity index (χ3v) is 3.38. The molecule has 0 spiro atoms. The van der Waals surface area contributed by atoms with E-state index in [9.17, 15) is 13.2 Å². The van der Waals surface area contributed by atoms with Crippen LogP contribution in [0.15, 0.2) is 24.3 Å². The average Bonchev–Trinajstić information content (AvgIpc) is 2.77. The molecule has 0 aromatic heterocycles. The maximum atomic E-state index is 12.5. The van der Waals surface area contributed by atoms with Gasteiger partial charge in [-0.25, -0.2) is 0 Å². The first-order chi connectivity index (χ1) is 8.49. The number of halogens is 3. The minimum absolute atomic E-state index is 0.0641. The summed E-state index contributed by atoms with van der Waals surface area (Å²) in [6, 6.07) is 6.99. The molecule has 2 atom stereocenters. The molecule has 1 aliphatic rings. The van der Waals surface area contributed by atoms with E-state index in [0.29, 0.717) is 6.42 Å². The van der Waals surface area contributed by atoms with Gasteiger partial charge in [-0.15, -0.1) is 0 Å². The predicted octanol–water partition coefficient (Wildman–Crippen LogP) is 3.32. The highest BCUT2D eigenvalue weighted by Crippen LogP contribution is 2.39. The van der Waals surface area contributed by atoms with Gasteiger partial charge in [-0.2, -0.15) is 13.2 Å². The lowest BCUT2D eigenvalue weighted by Gasteiger charge is -2.17. The number of hydrogen-bond donors (Lipinski definition) is 2. The average molecular weight is 259 g/mol. The van der Waals surface area contributed by atoms with Crippen molar-refractivity contribution in [1.29, 1.82) is 0 Å². The molecule has 0 amide bonds. The Labute approximate surface area is 104 Å². The van der Waals surface area contributed by atoms with E-state index in [4.69, 9.17) is 5.11 Å². The molecule has 1 fully saturated rings. The predicted molar refractivity (Wildman–Crippen MR) is 63.2 cm³/mol. The number of benzene rings is 1. The Hall–Kier alpha value is -1.23. The maximum Gasteiger partial charge on any atom is 0.391 e. The number of rotatable bonds is 3. The van der Waals surface area contributed by atoms with E-state index < -0.39 is 12.1 Å². The highest BCUT2D eigenvalue weighted by molar-refractivity contribution is 5.46. The van der Waals surface area contributed by atoms with Crippen LogP contribution < -0.4 is 5.32 Å². The van der Waals surface area contributed by atoms with Gasteiger partial charge in [-0.3, -0.25) is 0 Å². The van der Waals surface area contributed by atoms with Crippen molar-refractivity contribution < 1.29 is 18.3 Å². The third-order valence-electron chi connectivity index (χ3n) is 3.38. The van der Waals surface area contributed by atoms with Crippen molar-refractivity contribution >= 4 is 5.69 Å². The van der Waals surface area contributed by atoms with E-state index in [1.54, 1.807) is 24.3 Å². The molecule has 2 rings (SSSR count). The first-order valence-corrected chi connectivity index (χ1v) is 6.02. The second-order valence-electron chi connectivity index (χ2n) is 4.75. The van der Waals surface area contributed by atoms with E-state index in [-0.39, 0.29) is 25.5 Å². The van der Waals surface area contributed by atoms with Crippen LogP contribution in [0.4, 0.5) is 18.9 Å². The molecule has 1 aromatic rings. The lowest BCUT2D eigenvalue weighted by molar-refractivity contribution is -0.172. The maximum absolute atomic E-state index is 12.5. The second kappa shape index (κ2) is 5.18. The largest absolute Gasteiger partial charge is 0.392 e. The minimum Gasteiger partial charge on any atom is -0.392 e. The van der Waals surface area contributed by atoms with E-state index in [0.717, 1.165) is 11.3 Å². The highest BCUT2D eigenvalue weighted by Gasteiger charge is 2.43. The van der Waals surface area contributed by atoms with Crippen molar-refractivity contribution in [2.45, 2.75) is 38.1 Å². The zero-order valence-corrected chi connectivity index (χ0v) is 9.87. The Bertz CT molecular complexity index is 405. The topological polar surface area (TPSA) is 32.3 Å². The first kappa shape index (κ1) is 13.2. The summed E-state index contributed by atoms with van der Waals surface area (Å²) in [6.07, 6.45) is -3.22. The first-order valence-electron chi connectivity index (χ1n) is 6.02. The summed E-state index contributed by atoms with van der Waals surface area (Å²) in [6.45, 7) is -0.0641. The molecule has 1 aromatic carbocycles. The molecule has 2 unspecified atom stereocenters. The molecule has 0 aliphatic heterocycles. The summed E-state index contributed by atoms with van der Waals surface area (Å²) < 4.78 is 37.6. The van der Waals surface area contributed by atoms with Crippen molar-refractivity contribution in [3.63, 3.8) is 0 Å². The van der Waals surface area contributed by atoms with Crippen LogP contribution in [0.1, 0.15) is 24.8 Å². The highest BCUT2D eigenvalue weighted by atomic mass is 19.4. The smallest absolute Gasteiger partial charge is 0.391 e. The number of aliphatic hydroxyl groups excluding tert-OH is 1. The van der Waals surface area contributed by atoms with Crippen molar-refractivity contribution in [1.82, 2.24) is 0 Å². The van der Waals surface area contributed by atoms with Gasteiger partial charge >= 0.3 is 6.18 Å². The number of hydrogen-bond acceptors (Lipinski definition) is 2. The minimum atomic E-state index is -4.08. The molecule has 100 valence electrons. The molecule has 1 saturated carbocycles. The van der Waals surface area contributed by atoms with E-state index in [2.05, 4.69) is 5.32 Å². The zero-order chi connectivity index (χ0) is 13.2. The molecule has 0 radical (unpaired) electrons. The van der Waals surface area contributed by atoms with Crippen molar-refractivity contribution in [3.05, 3.63) is 29.8 Å². The molecule has 2 nitrogen and oxygen atoms in total. The van der Waals surface area contributed by atoms with Crippen LogP contribution in [-0.2, 0) is 6.61 Å². The van der Waals surface area contributed by atoms with Gasteiger partial charge < -0.3 is 10.4 Å². The summed E-state index contributed by atoms with van der Waals surface area (Å²) in [5, 5.41) is 12.1. The van der Waals surface area contributed by atoms with Gasteiger partial charge in [0.1, 0.15) is 0 Å². The lowest BCUT2D eigenvalue weighted by atomic mass is 10.1. The molecule has 2 N–H and O–H groups in total. The summed E-state index contributed by atoms with van der Waals surface area (Å²) in [7, 11) is 0. The van der Waals surface area contributed by atoms with Gasteiger partial charge in [-0.05, 0) is 37.0 Å². The number of anilines is 1. The second-order valence-corrected chi connectivity index (χ2v) is 4.75. The quantitative estimate of drug-likeness (QED) is 0.872. The van der Waals surface area contributed by atoms with Crippen LogP contribution in [0.25, 0.3) is 0 Å².